The molecule has 10 heteroatoms. The average molecular weight is 651 g/mol. The minimum atomic E-state index is -5.69. The molecule has 0 unspecified atom stereocenters. The van der Waals surface area contributed by atoms with E-state index in [2.05, 4.69) is 9.97 Å². The van der Waals surface area contributed by atoms with E-state index in [4.69, 9.17) is 8.83 Å². The molecule has 6 aromatic rings. The Bertz CT molecular complexity index is 2060. The lowest BCUT2D eigenvalue weighted by molar-refractivity contribution is -0.288. The average Bonchev–Trinajstić information content (AvgIpc) is 3.60. The van der Waals surface area contributed by atoms with Crippen LogP contribution in [-0.2, 0) is 16.2 Å². The minimum Gasteiger partial charge on any atom is -0.440 e. The van der Waals surface area contributed by atoms with Gasteiger partial charge in [-0.2, -0.15) is 26.3 Å². The normalized spacial score (nSPS) is 13.5. The van der Waals surface area contributed by atoms with Gasteiger partial charge in [0.05, 0.1) is 0 Å². The molecule has 6 rings (SSSR count). The Kier molecular flexibility index (Phi) is 7.38. The highest BCUT2D eigenvalue weighted by Gasteiger charge is 2.72. The first-order valence-electron chi connectivity index (χ1n) is 15.0. The third kappa shape index (κ3) is 5.57. The van der Waals surface area contributed by atoms with Crippen LogP contribution in [0.15, 0.2) is 93.8 Å². The van der Waals surface area contributed by atoms with Gasteiger partial charge in [-0.1, -0.05) is 90.1 Å². The maximum atomic E-state index is 14.7. The van der Waals surface area contributed by atoms with Gasteiger partial charge in [-0.3, -0.25) is 0 Å². The van der Waals surface area contributed by atoms with E-state index in [1.54, 1.807) is 12.1 Å². The second kappa shape index (κ2) is 10.7. The van der Waals surface area contributed by atoms with Crippen LogP contribution in [0.4, 0.5) is 26.3 Å². The molecule has 0 fully saturated rings. The van der Waals surface area contributed by atoms with Crippen LogP contribution in [0, 0.1) is 0 Å². The second-order valence-electron chi connectivity index (χ2n) is 13.8. The predicted molar refractivity (Wildman–Crippen MR) is 169 cm³/mol. The fourth-order valence-electron chi connectivity index (χ4n) is 5.72. The number of oxazole rings is 2. The molecule has 0 saturated carbocycles. The van der Waals surface area contributed by atoms with E-state index >= 15 is 0 Å². The topological polar surface area (TPSA) is 52.1 Å². The highest BCUT2D eigenvalue weighted by Crippen LogP contribution is 2.56. The Hall–Kier alpha value is -4.60. The van der Waals surface area contributed by atoms with Gasteiger partial charge in [-0.05, 0) is 69.6 Å². The number of rotatable bonds is 4. The zero-order chi connectivity index (χ0) is 34.2. The molecule has 0 saturated heterocycles. The fourth-order valence-corrected chi connectivity index (χ4v) is 5.72. The molecule has 0 amide bonds. The molecule has 0 bridgehead atoms. The molecule has 4 aromatic carbocycles. The largest absolute Gasteiger partial charge is 0.440 e. The Morgan fingerprint density at radius 2 is 0.894 bits per heavy atom. The van der Waals surface area contributed by atoms with Gasteiger partial charge in [0.25, 0.3) is 0 Å². The predicted octanol–water partition coefficient (Wildman–Crippen LogP) is 11.3. The van der Waals surface area contributed by atoms with Crippen LogP contribution in [0.5, 0.6) is 0 Å². The van der Waals surface area contributed by atoms with Crippen molar-refractivity contribution in [2.24, 2.45) is 0 Å². The maximum absolute atomic E-state index is 14.7. The highest BCUT2D eigenvalue weighted by atomic mass is 19.4. The summed E-state index contributed by atoms with van der Waals surface area (Å²) in [5.41, 5.74) is -2.08. The summed E-state index contributed by atoms with van der Waals surface area (Å²) >= 11 is 0. The zero-order valence-electron chi connectivity index (χ0n) is 26.6. The molecule has 0 aliphatic rings. The van der Waals surface area contributed by atoms with E-state index in [9.17, 15) is 26.3 Å². The molecule has 2 aromatic heterocycles. The summed E-state index contributed by atoms with van der Waals surface area (Å²) in [6.45, 7) is 11.5. The molecule has 0 N–H and O–H groups in total. The van der Waals surface area contributed by atoms with Crippen LogP contribution < -0.4 is 0 Å². The molecular formula is C37H32F6N2O2. The summed E-state index contributed by atoms with van der Waals surface area (Å²) in [6.07, 6.45) is -11.4. The summed E-state index contributed by atoms with van der Waals surface area (Å²) < 4.78 is 99.9. The van der Waals surface area contributed by atoms with Crippen LogP contribution in [0.3, 0.4) is 0 Å². The minimum absolute atomic E-state index is 0.0598. The number of nitrogens with zero attached hydrogens (tertiary/aromatic N) is 2. The summed E-state index contributed by atoms with van der Waals surface area (Å²) in [6, 6.07) is 19.5. The molecule has 0 radical (unpaired) electrons. The molecule has 4 nitrogen and oxygen atoms in total. The van der Waals surface area contributed by atoms with Crippen molar-refractivity contribution < 1.29 is 35.2 Å². The number of hydrogen-bond donors (Lipinski definition) is 0. The Morgan fingerprint density at radius 1 is 0.468 bits per heavy atom. The van der Waals surface area contributed by atoms with Gasteiger partial charge in [-0.25, -0.2) is 9.97 Å². The van der Waals surface area contributed by atoms with Crippen LogP contribution >= 0.6 is 0 Å². The van der Waals surface area contributed by atoms with Crippen LogP contribution in [-0.4, -0.2) is 22.3 Å². The van der Waals surface area contributed by atoms with Crippen molar-refractivity contribution in [3.63, 3.8) is 0 Å². The Balaban J connectivity index is 1.37. The van der Waals surface area contributed by atoms with Crippen LogP contribution in [0.2, 0.25) is 0 Å². The van der Waals surface area contributed by atoms with E-state index in [-0.39, 0.29) is 16.9 Å². The molecule has 0 atom stereocenters. The van der Waals surface area contributed by atoms with Crippen molar-refractivity contribution in [3.8, 4) is 22.6 Å². The molecule has 0 aliphatic carbocycles. The zero-order valence-corrected chi connectivity index (χ0v) is 26.6. The van der Waals surface area contributed by atoms with Crippen LogP contribution in [0.1, 0.15) is 64.1 Å². The first-order valence-corrected chi connectivity index (χ1v) is 15.0. The van der Waals surface area contributed by atoms with E-state index in [0.29, 0.717) is 33.7 Å². The number of aromatic nitrogens is 2. The van der Waals surface area contributed by atoms with Gasteiger partial charge in [-0.15, -0.1) is 0 Å². The number of benzene rings is 4. The van der Waals surface area contributed by atoms with Gasteiger partial charge in [0, 0.05) is 11.0 Å². The standard InChI is InChI=1S/C37H32F6N2O2/c1-33(2,3)24-13-15-26(16-14-24)35(36(38,39)40,37(41,42)43)25-11-7-21(8-12-25)31-44-27-19-22(9-17-29(27)46-31)23-10-18-30-28(20-23)45-32(47-30)34(4,5)6/h7-20H,1-6H3. The Labute approximate surface area is 267 Å². The smallest absolute Gasteiger partial charge is 0.411 e. The molecule has 0 aliphatic heterocycles. The fraction of sp³-hybridized carbons (Fsp3) is 0.297. The van der Waals surface area contributed by atoms with Crippen molar-refractivity contribution in [1.29, 1.82) is 0 Å². The maximum Gasteiger partial charge on any atom is 0.411 e. The molecular weight excluding hydrogens is 618 g/mol. The second-order valence-corrected chi connectivity index (χ2v) is 13.8. The first-order chi connectivity index (χ1) is 21.8. The summed E-state index contributed by atoms with van der Waals surface area (Å²) in [5.74, 6) is 0.679. The van der Waals surface area contributed by atoms with Crippen molar-refractivity contribution in [2.45, 2.75) is 70.1 Å². The Morgan fingerprint density at radius 3 is 1.36 bits per heavy atom. The first kappa shape index (κ1) is 32.3. The lowest BCUT2D eigenvalue weighted by atomic mass is 9.72. The summed E-state index contributed by atoms with van der Waals surface area (Å²) in [5, 5.41) is 0. The SMILES string of the molecule is CC(C)(C)c1ccc(C(c2ccc(-c3nc4cc(-c5ccc6oc(C(C)(C)C)nc6c5)ccc4o3)cc2)(C(F)(F)F)C(F)(F)F)cc1. The highest BCUT2D eigenvalue weighted by molar-refractivity contribution is 5.86. The van der Waals surface area contributed by atoms with Crippen molar-refractivity contribution in [1.82, 2.24) is 9.97 Å². The van der Waals surface area contributed by atoms with Crippen molar-refractivity contribution in [3.05, 3.63) is 108 Å². The van der Waals surface area contributed by atoms with Gasteiger partial charge < -0.3 is 8.83 Å². The number of fused-ring (bicyclic) bond motifs is 2. The molecule has 2 heterocycles. The quantitative estimate of drug-likeness (QED) is 0.178. The summed E-state index contributed by atoms with van der Waals surface area (Å²) in [7, 11) is 0. The molecule has 244 valence electrons. The van der Waals surface area contributed by atoms with Gasteiger partial charge in [0.1, 0.15) is 11.0 Å². The monoisotopic (exact) mass is 650 g/mol. The van der Waals surface area contributed by atoms with Gasteiger partial charge in [0.15, 0.2) is 11.2 Å². The number of halogens is 6. The third-order valence-electron chi connectivity index (χ3n) is 8.35. The van der Waals surface area contributed by atoms with Crippen LogP contribution in [0.25, 0.3) is 44.8 Å². The van der Waals surface area contributed by atoms with Crippen molar-refractivity contribution >= 4 is 22.2 Å². The van der Waals surface area contributed by atoms with E-state index in [1.807, 2.05) is 65.8 Å². The van der Waals surface area contributed by atoms with E-state index in [1.165, 1.54) is 24.3 Å². The number of hydrogen-bond acceptors (Lipinski definition) is 4. The molecule has 47 heavy (non-hydrogen) atoms. The lowest BCUT2D eigenvalue weighted by Gasteiger charge is -2.38. The van der Waals surface area contributed by atoms with Gasteiger partial charge in [0.2, 0.25) is 17.2 Å². The van der Waals surface area contributed by atoms with E-state index in [0.717, 1.165) is 35.4 Å². The third-order valence-corrected chi connectivity index (χ3v) is 8.35. The lowest BCUT2D eigenvalue weighted by Crippen LogP contribution is -2.54. The van der Waals surface area contributed by atoms with Crippen molar-refractivity contribution in [2.75, 3.05) is 0 Å². The number of alkyl halides is 6. The van der Waals surface area contributed by atoms with Gasteiger partial charge >= 0.3 is 12.4 Å². The summed E-state index contributed by atoms with van der Waals surface area (Å²) in [4.78, 5) is 9.12. The van der Waals surface area contributed by atoms with E-state index < -0.39 is 34.3 Å². The molecule has 0 spiro atoms.